The fourth-order valence-corrected chi connectivity index (χ4v) is 4.38. The summed E-state index contributed by atoms with van der Waals surface area (Å²) in [6.07, 6.45) is 1.64. The maximum absolute atomic E-state index is 12.7. The number of piperidine rings is 1. The molecule has 2 aliphatic heterocycles. The molecule has 2 saturated heterocycles. The van der Waals surface area contributed by atoms with Crippen LogP contribution >= 0.6 is 0 Å². The lowest BCUT2D eigenvalue weighted by Gasteiger charge is -2.26. The van der Waals surface area contributed by atoms with Crippen molar-refractivity contribution >= 4 is 22.1 Å². The monoisotopic (exact) mass is 368 g/mol. The Morgan fingerprint density at radius 1 is 1.28 bits per heavy atom. The second kappa shape index (κ2) is 7.40. The van der Waals surface area contributed by atoms with E-state index in [1.165, 1.54) is 28.6 Å². The second-order valence-electron chi connectivity index (χ2n) is 6.00. The molecule has 2 aliphatic rings. The Hall–Kier alpha value is -2.13. The SMILES string of the molecule is O=C1NC[C@H](COC(=O)c2cccc(S(=O)(=O)N3CCCCC3)c2)O1. The molecule has 25 heavy (non-hydrogen) atoms. The molecule has 1 atom stereocenters. The van der Waals surface area contributed by atoms with Crippen molar-refractivity contribution in [3.05, 3.63) is 29.8 Å². The Kier molecular flexibility index (Phi) is 5.24. The molecule has 0 aliphatic carbocycles. The second-order valence-corrected chi connectivity index (χ2v) is 7.94. The topological polar surface area (TPSA) is 102 Å². The number of esters is 1. The molecule has 1 amide bonds. The van der Waals surface area contributed by atoms with Gasteiger partial charge < -0.3 is 14.8 Å². The van der Waals surface area contributed by atoms with E-state index in [9.17, 15) is 18.0 Å². The third-order valence-electron chi connectivity index (χ3n) is 4.17. The van der Waals surface area contributed by atoms with Gasteiger partial charge in [0.25, 0.3) is 0 Å². The molecular weight excluding hydrogens is 348 g/mol. The first-order chi connectivity index (χ1) is 12.0. The van der Waals surface area contributed by atoms with Crippen molar-refractivity contribution in [3.8, 4) is 0 Å². The molecular formula is C16H20N2O6S. The number of ether oxygens (including phenoxy) is 2. The fourth-order valence-electron chi connectivity index (χ4n) is 2.81. The zero-order valence-electron chi connectivity index (χ0n) is 13.6. The van der Waals surface area contributed by atoms with Crippen molar-refractivity contribution in [2.24, 2.45) is 0 Å². The molecule has 1 N–H and O–H groups in total. The van der Waals surface area contributed by atoms with Gasteiger partial charge in [0, 0.05) is 13.1 Å². The van der Waals surface area contributed by atoms with Crippen molar-refractivity contribution in [1.82, 2.24) is 9.62 Å². The quantitative estimate of drug-likeness (QED) is 0.782. The molecule has 0 saturated carbocycles. The third kappa shape index (κ3) is 4.10. The molecule has 8 nitrogen and oxygen atoms in total. The summed E-state index contributed by atoms with van der Waals surface area (Å²) in [4.78, 5) is 23.2. The van der Waals surface area contributed by atoms with E-state index < -0.39 is 28.2 Å². The molecule has 1 aromatic carbocycles. The van der Waals surface area contributed by atoms with Crippen molar-refractivity contribution in [2.45, 2.75) is 30.3 Å². The van der Waals surface area contributed by atoms with Crippen molar-refractivity contribution in [2.75, 3.05) is 26.2 Å². The van der Waals surface area contributed by atoms with Gasteiger partial charge in [-0.2, -0.15) is 4.31 Å². The van der Waals surface area contributed by atoms with Crippen LogP contribution in [0.3, 0.4) is 0 Å². The smallest absolute Gasteiger partial charge is 0.407 e. The van der Waals surface area contributed by atoms with Gasteiger partial charge in [0.15, 0.2) is 6.10 Å². The summed E-state index contributed by atoms with van der Waals surface area (Å²) in [6, 6.07) is 5.82. The van der Waals surface area contributed by atoms with E-state index in [1.807, 2.05) is 0 Å². The maximum Gasteiger partial charge on any atom is 0.407 e. The minimum absolute atomic E-state index is 0.0813. The van der Waals surface area contributed by atoms with E-state index in [0.29, 0.717) is 13.1 Å². The molecule has 9 heteroatoms. The first-order valence-corrected chi connectivity index (χ1v) is 9.62. The highest BCUT2D eigenvalue weighted by molar-refractivity contribution is 7.89. The van der Waals surface area contributed by atoms with Crippen LogP contribution in [-0.2, 0) is 19.5 Å². The molecule has 0 aromatic heterocycles. The van der Waals surface area contributed by atoms with Crippen LogP contribution in [0.25, 0.3) is 0 Å². The number of alkyl carbamates (subject to hydrolysis) is 1. The van der Waals surface area contributed by atoms with Crippen LogP contribution in [-0.4, -0.2) is 57.1 Å². The van der Waals surface area contributed by atoms with Crippen molar-refractivity contribution < 1.29 is 27.5 Å². The lowest BCUT2D eigenvalue weighted by molar-refractivity contribution is 0.0300. The van der Waals surface area contributed by atoms with Crippen molar-refractivity contribution in [1.29, 1.82) is 0 Å². The summed E-state index contributed by atoms with van der Waals surface area (Å²) in [5.74, 6) is -0.654. The first-order valence-electron chi connectivity index (χ1n) is 8.18. The number of amides is 1. The lowest BCUT2D eigenvalue weighted by Crippen LogP contribution is -2.35. The van der Waals surface area contributed by atoms with Crippen LogP contribution in [0.2, 0.25) is 0 Å². The molecule has 136 valence electrons. The number of nitrogens with one attached hydrogen (secondary N) is 1. The van der Waals surface area contributed by atoms with Crippen molar-refractivity contribution in [3.63, 3.8) is 0 Å². The Morgan fingerprint density at radius 2 is 2.04 bits per heavy atom. The number of rotatable bonds is 5. The number of nitrogens with zero attached hydrogens (tertiary/aromatic N) is 1. The Labute approximate surface area is 146 Å². The van der Waals surface area contributed by atoms with Crippen LogP contribution in [0, 0.1) is 0 Å². The summed E-state index contributed by atoms with van der Waals surface area (Å²) >= 11 is 0. The Balaban J connectivity index is 1.68. The van der Waals surface area contributed by atoms with Crippen LogP contribution < -0.4 is 5.32 Å². The highest BCUT2D eigenvalue weighted by atomic mass is 32.2. The van der Waals surface area contributed by atoms with Gasteiger partial charge in [0.05, 0.1) is 17.0 Å². The van der Waals surface area contributed by atoms with E-state index >= 15 is 0 Å². The number of carbonyl (C=O) groups excluding carboxylic acids is 2. The highest BCUT2D eigenvalue weighted by Gasteiger charge is 2.27. The molecule has 2 fully saturated rings. The number of hydrogen-bond donors (Lipinski definition) is 1. The van der Waals surface area contributed by atoms with Gasteiger partial charge in [-0.3, -0.25) is 0 Å². The maximum atomic E-state index is 12.7. The number of carbonyl (C=O) groups is 2. The summed E-state index contributed by atoms with van der Waals surface area (Å²) in [5, 5.41) is 2.46. The molecule has 0 unspecified atom stereocenters. The molecule has 0 radical (unpaired) electrons. The number of hydrogen-bond acceptors (Lipinski definition) is 6. The molecule has 2 heterocycles. The summed E-state index contributed by atoms with van der Waals surface area (Å²) in [5.41, 5.74) is 0.148. The van der Waals surface area contributed by atoms with Crippen LogP contribution in [0.4, 0.5) is 4.79 Å². The summed E-state index contributed by atoms with van der Waals surface area (Å²) < 4.78 is 36.8. The number of cyclic esters (lactones) is 1. The van der Waals surface area contributed by atoms with Gasteiger partial charge in [-0.05, 0) is 31.0 Å². The van der Waals surface area contributed by atoms with Crippen LogP contribution in [0.5, 0.6) is 0 Å². The predicted octanol–water partition coefficient (Wildman–Crippen LogP) is 1.13. The lowest BCUT2D eigenvalue weighted by atomic mass is 10.2. The average molecular weight is 368 g/mol. The highest BCUT2D eigenvalue weighted by Crippen LogP contribution is 2.21. The predicted molar refractivity (Wildman–Crippen MR) is 87.6 cm³/mol. The van der Waals surface area contributed by atoms with Crippen LogP contribution in [0.1, 0.15) is 29.6 Å². The fraction of sp³-hybridized carbons (Fsp3) is 0.500. The van der Waals surface area contributed by atoms with Gasteiger partial charge >= 0.3 is 12.1 Å². The Morgan fingerprint density at radius 3 is 2.72 bits per heavy atom. The van der Waals surface area contributed by atoms with Gasteiger partial charge in [0.1, 0.15) is 6.61 Å². The van der Waals surface area contributed by atoms with Gasteiger partial charge in [-0.25, -0.2) is 18.0 Å². The zero-order valence-corrected chi connectivity index (χ0v) is 14.5. The van der Waals surface area contributed by atoms with E-state index in [-0.39, 0.29) is 23.6 Å². The standard InChI is InChI=1S/C16H20N2O6S/c19-15(23-11-13-10-17-16(20)24-13)12-5-4-6-14(9-12)25(21,22)18-7-2-1-3-8-18/h4-6,9,13H,1-3,7-8,10-11H2,(H,17,20)/t13-/m1/s1. The average Bonchev–Trinajstić information content (AvgIpc) is 3.06. The van der Waals surface area contributed by atoms with E-state index in [2.05, 4.69) is 5.32 Å². The normalized spacial score (nSPS) is 21.4. The number of sulfonamides is 1. The van der Waals surface area contributed by atoms with Gasteiger partial charge in [-0.1, -0.05) is 12.5 Å². The van der Waals surface area contributed by atoms with Crippen LogP contribution in [0.15, 0.2) is 29.2 Å². The largest absolute Gasteiger partial charge is 0.458 e. The van der Waals surface area contributed by atoms with E-state index in [1.54, 1.807) is 0 Å². The first kappa shape index (κ1) is 17.7. The molecule has 3 rings (SSSR count). The summed E-state index contributed by atoms with van der Waals surface area (Å²) in [7, 11) is -3.61. The molecule has 1 aromatic rings. The van der Waals surface area contributed by atoms with Gasteiger partial charge in [-0.15, -0.1) is 0 Å². The zero-order chi connectivity index (χ0) is 17.9. The molecule has 0 bridgehead atoms. The minimum atomic E-state index is -3.61. The number of benzene rings is 1. The van der Waals surface area contributed by atoms with E-state index in [0.717, 1.165) is 19.3 Å². The summed E-state index contributed by atoms with van der Waals surface area (Å²) in [6.45, 7) is 1.18. The van der Waals surface area contributed by atoms with Gasteiger partial charge in [0.2, 0.25) is 10.0 Å². The minimum Gasteiger partial charge on any atom is -0.458 e. The molecule has 0 spiro atoms. The third-order valence-corrected chi connectivity index (χ3v) is 6.07. The Bertz CT molecular complexity index is 758. The van der Waals surface area contributed by atoms with E-state index in [4.69, 9.17) is 9.47 Å².